The molecule has 0 bridgehead atoms. The maximum absolute atomic E-state index is 5.75. The van der Waals surface area contributed by atoms with E-state index in [1.807, 2.05) is 19.2 Å². The average molecular weight is 296 g/mol. The van der Waals surface area contributed by atoms with Crippen LogP contribution in [0.3, 0.4) is 0 Å². The number of aromatic nitrogens is 3. The third-order valence-corrected chi connectivity index (χ3v) is 3.13. The molecule has 0 aliphatic carbocycles. The third kappa shape index (κ3) is 2.85. The van der Waals surface area contributed by atoms with Gasteiger partial charge in [-0.2, -0.15) is 5.10 Å². The number of nitrogens with zero attached hydrogens (tertiary/aromatic N) is 3. The highest BCUT2D eigenvalue weighted by Crippen LogP contribution is 2.23. The molecule has 0 spiro atoms. The van der Waals surface area contributed by atoms with E-state index in [4.69, 9.17) is 4.74 Å². The Hall–Kier alpha value is -1.36. The molecule has 1 heterocycles. The number of ether oxygens (including phenoxy) is 1. The van der Waals surface area contributed by atoms with Crippen LogP contribution in [-0.2, 0) is 19.0 Å². The number of benzene rings is 1. The predicted octanol–water partition coefficient (Wildman–Crippen LogP) is 2.60. The molecule has 0 saturated carbocycles. The van der Waals surface area contributed by atoms with Crippen molar-refractivity contribution >= 4 is 15.9 Å². The lowest BCUT2D eigenvalue weighted by atomic mass is 10.1. The van der Waals surface area contributed by atoms with Crippen LogP contribution < -0.4 is 4.74 Å². The zero-order valence-electron chi connectivity index (χ0n) is 9.85. The molecule has 0 atom stereocenters. The average Bonchev–Trinajstić information content (AvgIpc) is 2.73. The summed E-state index contributed by atoms with van der Waals surface area (Å²) in [7, 11) is 1.85. The molecule has 0 unspecified atom stereocenters. The molecule has 0 radical (unpaired) electrons. The van der Waals surface area contributed by atoms with Crippen LogP contribution in [0.1, 0.15) is 17.0 Å². The van der Waals surface area contributed by atoms with E-state index in [1.54, 1.807) is 4.68 Å². The minimum Gasteiger partial charge on any atom is -0.485 e. The molecule has 0 amide bonds. The van der Waals surface area contributed by atoms with Crippen molar-refractivity contribution in [3.05, 3.63) is 41.5 Å². The van der Waals surface area contributed by atoms with Crippen molar-refractivity contribution in [1.29, 1.82) is 0 Å². The SMILES string of the molecule is Cc1ccc(OCc2ncnn2C)c(CBr)c1. The van der Waals surface area contributed by atoms with E-state index in [2.05, 4.69) is 39.0 Å². The second-order valence-corrected chi connectivity index (χ2v) is 4.39. The van der Waals surface area contributed by atoms with Crippen LogP contribution in [0.4, 0.5) is 0 Å². The first-order valence-corrected chi connectivity index (χ1v) is 6.44. The molecule has 2 aromatic rings. The molecule has 90 valence electrons. The summed E-state index contributed by atoms with van der Waals surface area (Å²) in [5.41, 5.74) is 2.37. The molecule has 5 heteroatoms. The minimum atomic E-state index is 0.430. The van der Waals surface area contributed by atoms with Gasteiger partial charge in [-0.3, -0.25) is 4.68 Å². The lowest BCUT2D eigenvalue weighted by molar-refractivity contribution is 0.287. The molecule has 1 aromatic heterocycles. The zero-order chi connectivity index (χ0) is 12.3. The van der Waals surface area contributed by atoms with Gasteiger partial charge in [-0.05, 0) is 13.0 Å². The second-order valence-electron chi connectivity index (χ2n) is 3.83. The van der Waals surface area contributed by atoms with Crippen LogP contribution in [0.2, 0.25) is 0 Å². The van der Waals surface area contributed by atoms with Gasteiger partial charge in [-0.25, -0.2) is 4.98 Å². The van der Waals surface area contributed by atoms with Crippen LogP contribution >= 0.6 is 15.9 Å². The van der Waals surface area contributed by atoms with Gasteiger partial charge in [0.15, 0.2) is 5.82 Å². The van der Waals surface area contributed by atoms with Gasteiger partial charge < -0.3 is 4.74 Å². The number of hydrogen-bond acceptors (Lipinski definition) is 3. The van der Waals surface area contributed by atoms with Crippen LogP contribution in [0, 0.1) is 6.92 Å². The van der Waals surface area contributed by atoms with Gasteiger partial charge in [0.1, 0.15) is 18.7 Å². The van der Waals surface area contributed by atoms with Gasteiger partial charge >= 0.3 is 0 Å². The molecule has 4 nitrogen and oxygen atoms in total. The highest BCUT2D eigenvalue weighted by atomic mass is 79.9. The number of hydrogen-bond donors (Lipinski definition) is 0. The Labute approximate surface area is 109 Å². The van der Waals surface area contributed by atoms with Gasteiger partial charge in [-0.15, -0.1) is 0 Å². The first-order valence-electron chi connectivity index (χ1n) is 5.32. The molecule has 1 aromatic carbocycles. The fraction of sp³-hybridized carbons (Fsp3) is 0.333. The molecule has 0 aliphatic rings. The summed E-state index contributed by atoms with van der Waals surface area (Å²) < 4.78 is 7.47. The van der Waals surface area contributed by atoms with E-state index >= 15 is 0 Å². The molecule has 0 N–H and O–H groups in total. The van der Waals surface area contributed by atoms with Crippen LogP contribution in [0.15, 0.2) is 24.5 Å². The summed E-state index contributed by atoms with van der Waals surface area (Å²) >= 11 is 3.46. The predicted molar refractivity (Wildman–Crippen MR) is 69.1 cm³/mol. The summed E-state index contributed by atoms with van der Waals surface area (Å²) in [5, 5.41) is 4.78. The molecule has 2 rings (SSSR count). The van der Waals surface area contributed by atoms with Gasteiger partial charge in [0.25, 0.3) is 0 Å². The van der Waals surface area contributed by atoms with Crippen molar-refractivity contribution in [1.82, 2.24) is 14.8 Å². The Morgan fingerprint density at radius 1 is 1.41 bits per heavy atom. The molecular formula is C12H14BrN3O. The monoisotopic (exact) mass is 295 g/mol. The second kappa shape index (κ2) is 5.31. The highest BCUT2D eigenvalue weighted by Gasteiger charge is 2.05. The highest BCUT2D eigenvalue weighted by molar-refractivity contribution is 9.08. The maximum atomic E-state index is 5.75. The Bertz CT molecular complexity index is 510. The Morgan fingerprint density at radius 3 is 2.88 bits per heavy atom. The van der Waals surface area contributed by atoms with Crippen molar-refractivity contribution in [2.24, 2.45) is 7.05 Å². The lowest BCUT2D eigenvalue weighted by Gasteiger charge is -2.10. The van der Waals surface area contributed by atoms with Crippen molar-refractivity contribution in [3.8, 4) is 5.75 Å². The normalized spacial score (nSPS) is 10.5. The van der Waals surface area contributed by atoms with E-state index in [1.165, 1.54) is 11.9 Å². The molecule has 0 fully saturated rings. The largest absolute Gasteiger partial charge is 0.485 e. The van der Waals surface area contributed by atoms with Crippen LogP contribution in [0.5, 0.6) is 5.75 Å². The maximum Gasteiger partial charge on any atom is 0.164 e. The standard InChI is InChI=1S/C12H14BrN3O/c1-9-3-4-11(10(5-9)6-13)17-7-12-14-8-15-16(12)2/h3-5,8H,6-7H2,1-2H3. The van der Waals surface area contributed by atoms with E-state index in [9.17, 15) is 0 Å². The molecular weight excluding hydrogens is 282 g/mol. The van der Waals surface area contributed by atoms with Crippen LogP contribution in [-0.4, -0.2) is 14.8 Å². The van der Waals surface area contributed by atoms with Crippen molar-refractivity contribution < 1.29 is 4.74 Å². The number of halogens is 1. The fourth-order valence-electron chi connectivity index (χ4n) is 1.55. The van der Waals surface area contributed by atoms with Gasteiger partial charge in [0, 0.05) is 17.9 Å². The zero-order valence-corrected chi connectivity index (χ0v) is 11.4. The van der Waals surface area contributed by atoms with E-state index in [-0.39, 0.29) is 0 Å². The van der Waals surface area contributed by atoms with Crippen LogP contribution in [0.25, 0.3) is 0 Å². The van der Waals surface area contributed by atoms with E-state index in [0.717, 1.165) is 22.5 Å². The number of alkyl halides is 1. The summed E-state index contributed by atoms with van der Waals surface area (Å²) in [6, 6.07) is 6.14. The van der Waals surface area contributed by atoms with Gasteiger partial charge in [-0.1, -0.05) is 33.6 Å². The molecule has 0 saturated heterocycles. The fourth-order valence-corrected chi connectivity index (χ4v) is 1.98. The van der Waals surface area contributed by atoms with Gasteiger partial charge in [0.05, 0.1) is 0 Å². The Kier molecular flexibility index (Phi) is 3.78. The lowest BCUT2D eigenvalue weighted by Crippen LogP contribution is -2.05. The first kappa shape index (κ1) is 12.1. The Morgan fingerprint density at radius 2 is 2.24 bits per heavy atom. The molecule has 0 aliphatic heterocycles. The summed E-state index contributed by atoms with van der Waals surface area (Å²) in [6.45, 7) is 2.50. The molecule has 17 heavy (non-hydrogen) atoms. The van der Waals surface area contributed by atoms with Gasteiger partial charge in [0.2, 0.25) is 0 Å². The van der Waals surface area contributed by atoms with Crippen molar-refractivity contribution in [2.45, 2.75) is 18.9 Å². The first-order chi connectivity index (χ1) is 8.20. The van der Waals surface area contributed by atoms with E-state index in [0.29, 0.717) is 6.61 Å². The topological polar surface area (TPSA) is 39.9 Å². The minimum absolute atomic E-state index is 0.430. The van der Waals surface area contributed by atoms with E-state index < -0.39 is 0 Å². The number of aryl methyl sites for hydroxylation is 2. The summed E-state index contributed by atoms with van der Waals surface area (Å²) in [6.07, 6.45) is 1.53. The van der Waals surface area contributed by atoms with Crippen molar-refractivity contribution in [3.63, 3.8) is 0 Å². The third-order valence-electron chi connectivity index (χ3n) is 2.52. The quantitative estimate of drug-likeness (QED) is 0.814. The number of rotatable bonds is 4. The summed E-state index contributed by atoms with van der Waals surface area (Å²) in [4.78, 5) is 4.12. The van der Waals surface area contributed by atoms with Crippen molar-refractivity contribution in [2.75, 3.05) is 0 Å². The Balaban J connectivity index is 2.11. The summed E-state index contributed by atoms with van der Waals surface area (Å²) in [5.74, 6) is 1.70. The smallest absolute Gasteiger partial charge is 0.164 e.